The quantitative estimate of drug-likeness (QED) is 0.199. The monoisotopic (exact) mass is 226 g/mol. The third kappa shape index (κ3) is 7.18. The maximum atomic E-state index is 11.0. The number of hydrogen-bond donors (Lipinski definition) is 0. The van der Waals surface area contributed by atoms with Crippen LogP contribution in [0.3, 0.4) is 0 Å². The Kier molecular flexibility index (Phi) is 9.63. The van der Waals surface area contributed by atoms with Crippen molar-refractivity contribution < 1.29 is 14.3 Å². The van der Waals surface area contributed by atoms with Gasteiger partial charge in [0.1, 0.15) is 0 Å². The largest absolute Gasteiger partial charge is 0.460 e. The van der Waals surface area contributed by atoms with Crippen LogP contribution in [0.1, 0.15) is 58.3 Å². The van der Waals surface area contributed by atoms with Gasteiger partial charge in [-0.2, -0.15) is 4.79 Å². The van der Waals surface area contributed by atoms with Gasteiger partial charge in [0, 0.05) is 0 Å². The maximum absolute atomic E-state index is 11.0. The summed E-state index contributed by atoms with van der Waals surface area (Å²) in [6.45, 7) is 2.19. The molecule has 0 fully saturated rings. The first-order valence-electron chi connectivity index (χ1n) is 6.05. The molecule has 0 bridgehead atoms. The summed E-state index contributed by atoms with van der Waals surface area (Å²) in [5, 5.41) is 0. The molecule has 16 heavy (non-hydrogen) atoms. The number of esters is 1. The van der Waals surface area contributed by atoms with Crippen molar-refractivity contribution in [1.82, 2.24) is 0 Å². The lowest BCUT2D eigenvalue weighted by Gasteiger charge is -1.99. The zero-order valence-electron chi connectivity index (χ0n) is 10.4. The van der Waals surface area contributed by atoms with Crippen LogP contribution in [-0.2, 0) is 9.53 Å². The van der Waals surface area contributed by atoms with Crippen LogP contribution in [-0.4, -0.2) is 23.6 Å². The van der Waals surface area contributed by atoms with Gasteiger partial charge in [-0.25, -0.2) is 4.79 Å². The molecule has 0 rings (SSSR count). The van der Waals surface area contributed by atoms with Gasteiger partial charge in [-0.3, -0.25) is 0 Å². The average molecular weight is 226 g/mol. The van der Waals surface area contributed by atoms with Gasteiger partial charge in [-0.1, -0.05) is 45.4 Å². The Morgan fingerprint density at radius 1 is 1.12 bits per heavy atom. The van der Waals surface area contributed by atoms with Crippen LogP contribution in [0.25, 0.3) is 5.53 Å². The molecular formula is C12H22N2O2. The molecule has 0 aromatic rings. The highest BCUT2D eigenvalue weighted by molar-refractivity contribution is 6.33. The van der Waals surface area contributed by atoms with Gasteiger partial charge < -0.3 is 10.3 Å². The van der Waals surface area contributed by atoms with Gasteiger partial charge in [-0.05, 0) is 6.42 Å². The molecule has 4 nitrogen and oxygen atoms in total. The van der Waals surface area contributed by atoms with Crippen molar-refractivity contribution >= 4 is 11.7 Å². The number of nitrogens with zero attached hydrogens (tertiary/aromatic N) is 2. The van der Waals surface area contributed by atoms with E-state index in [0.29, 0.717) is 6.42 Å². The van der Waals surface area contributed by atoms with Gasteiger partial charge in [-0.15, -0.1) is 0 Å². The highest BCUT2D eigenvalue weighted by Gasteiger charge is 2.19. The molecule has 0 radical (unpaired) electrons. The SMILES string of the molecule is CCCCCCCCCC(=[N+]=[N-])C(=O)OC. The number of methoxy groups -OCH3 is 1. The molecule has 0 saturated carbocycles. The Bertz CT molecular complexity index is 245. The van der Waals surface area contributed by atoms with E-state index in [1.165, 1.54) is 39.2 Å². The first-order valence-corrected chi connectivity index (χ1v) is 6.05. The molecule has 0 aromatic carbocycles. The molecule has 4 heteroatoms. The molecule has 0 atom stereocenters. The summed E-state index contributed by atoms with van der Waals surface area (Å²) in [6, 6.07) is 0. The minimum atomic E-state index is -0.534. The van der Waals surface area contributed by atoms with E-state index >= 15 is 0 Å². The number of carbonyl (C=O) groups excluding carboxylic acids is 1. The first-order chi connectivity index (χ1) is 7.76. The molecule has 92 valence electrons. The topological polar surface area (TPSA) is 62.7 Å². The maximum Gasteiger partial charge on any atom is 0.416 e. The van der Waals surface area contributed by atoms with Crippen molar-refractivity contribution in [3.8, 4) is 0 Å². The predicted molar refractivity (Wildman–Crippen MR) is 63.3 cm³/mol. The molecule has 0 N–H and O–H groups in total. The number of rotatable bonds is 9. The van der Waals surface area contributed by atoms with Crippen LogP contribution in [0.2, 0.25) is 0 Å². The normalized spacial score (nSPS) is 9.62. The summed E-state index contributed by atoms with van der Waals surface area (Å²) >= 11 is 0. The molecular weight excluding hydrogens is 204 g/mol. The highest BCUT2D eigenvalue weighted by atomic mass is 16.5. The second-order valence-corrected chi connectivity index (χ2v) is 3.91. The van der Waals surface area contributed by atoms with Crippen LogP contribution >= 0.6 is 0 Å². The molecule has 0 saturated heterocycles. The van der Waals surface area contributed by atoms with E-state index in [1.54, 1.807) is 0 Å². The molecule has 0 aromatic heterocycles. The van der Waals surface area contributed by atoms with E-state index in [-0.39, 0.29) is 5.71 Å². The number of hydrogen-bond acceptors (Lipinski definition) is 2. The Labute approximate surface area is 97.6 Å². The third-order valence-electron chi connectivity index (χ3n) is 2.56. The van der Waals surface area contributed by atoms with Crippen molar-refractivity contribution in [1.29, 1.82) is 0 Å². The van der Waals surface area contributed by atoms with Gasteiger partial charge >= 0.3 is 11.7 Å². The molecule has 0 aliphatic heterocycles. The minimum Gasteiger partial charge on any atom is -0.460 e. The zero-order valence-corrected chi connectivity index (χ0v) is 10.4. The van der Waals surface area contributed by atoms with Gasteiger partial charge in [0.15, 0.2) is 0 Å². The van der Waals surface area contributed by atoms with E-state index < -0.39 is 5.97 Å². The fraction of sp³-hybridized carbons (Fsp3) is 0.833. The van der Waals surface area contributed by atoms with Gasteiger partial charge in [0.05, 0.1) is 13.5 Å². The lowest BCUT2D eigenvalue weighted by Crippen LogP contribution is -2.16. The Morgan fingerprint density at radius 3 is 2.19 bits per heavy atom. The summed E-state index contributed by atoms with van der Waals surface area (Å²) in [4.78, 5) is 14.0. The van der Waals surface area contributed by atoms with Crippen LogP contribution in [0, 0.1) is 0 Å². The number of unbranched alkanes of at least 4 members (excludes halogenated alkanes) is 6. The van der Waals surface area contributed by atoms with E-state index in [4.69, 9.17) is 5.53 Å². The standard InChI is InChI=1S/C12H22N2O2/c1-3-4-5-6-7-8-9-10-11(14-13)12(15)16-2/h3-10H2,1-2H3. The van der Waals surface area contributed by atoms with E-state index in [9.17, 15) is 4.79 Å². The molecule has 0 aliphatic carbocycles. The van der Waals surface area contributed by atoms with Crippen molar-refractivity contribution in [3.63, 3.8) is 0 Å². The molecule has 0 unspecified atom stereocenters. The van der Waals surface area contributed by atoms with E-state index in [0.717, 1.165) is 12.8 Å². The van der Waals surface area contributed by atoms with Gasteiger partial charge in [0.25, 0.3) is 0 Å². The fourth-order valence-electron chi connectivity index (χ4n) is 1.56. The summed E-state index contributed by atoms with van der Waals surface area (Å²) in [5.41, 5.74) is 8.71. The predicted octanol–water partition coefficient (Wildman–Crippen LogP) is 2.97. The van der Waals surface area contributed by atoms with Crippen LogP contribution in [0.5, 0.6) is 0 Å². The summed E-state index contributed by atoms with van der Waals surface area (Å²) < 4.78 is 4.48. The van der Waals surface area contributed by atoms with Crippen LogP contribution in [0.4, 0.5) is 0 Å². The molecule has 0 spiro atoms. The Balaban J connectivity index is 3.50. The smallest absolute Gasteiger partial charge is 0.416 e. The lowest BCUT2D eigenvalue weighted by molar-refractivity contribution is -0.137. The highest BCUT2D eigenvalue weighted by Crippen LogP contribution is 2.08. The van der Waals surface area contributed by atoms with E-state index in [2.05, 4.69) is 16.5 Å². The first kappa shape index (κ1) is 14.8. The minimum absolute atomic E-state index is 0.121. The Hall–Kier alpha value is -1.15. The molecule has 0 heterocycles. The molecule has 0 aliphatic rings. The second kappa shape index (κ2) is 10.4. The van der Waals surface area contributed by atoms with Crippen molar-refractivity contribution in [2.75, 3.05) is 7.11 Å². The number of ether oxygens (including phenoxy) is 1. The summed E-state index contributed by atoms with van der Waals surface area (Å²) in [7, 11) is 1.29. The van der Waals surface area contributed by atoms with Gasteiger partial charge in [0.2, 0.25) is 0 Å². The van der Waals surface area contributed by atoms with Crippen LogP contribution in [0.15, 0.2) is 0 Å². The van der Waals surface area contributed by atoms with E-state index in [1.807, 2.05) is 0 Å². The fourth-order valence-corrected chi connectivity index (χ4v) is 1.56. The average Bonchev–Trinajstić information content (AvgIpc) is 2.32. The van der Waals surface area contributed by atoms with Crippen molar-refractivity contribution in [2.45, 2.75) is 58.3 Å². The third-order valence-corrected chi connectivity index (χ3v) is 2.56. The van der Waals surface area contributed by atoms with Crippen LogP contribution < -0.4 is 0 Å². The zero-order chi connectivity index (χ0) is 12.2. The Morgan fingerprint density at radius 2 is 1.69 bits per heavy atom. The second-order valence-electron chi connectivity index (χ2n) is 3.91. The summed E-state index contributed by atoms with van der Waals surface area (Å²) in [6.07, 6.45) is 8.71. The lowest BCUT2D eigenvalue weighted by atomic mass is 10.1. The molecule has 0 amide bonds. The van der Waals surface area contributed by atoms with Crippen molar-refractivity contribution in [2.24, 2.45) is 0 Å². The number of carbonyl (C=O) groups is 1. The summed E-state index contributed by atoms with van der Waals surface area (Å²) in [5.74, 6) is -0.534. The van der Waals surface area contributed by atoms with Crippen molar-refractivity contribution in [3.05, 3.63) is 5.53 Å².